The van der Waals surface area contributed by atoms with Gasteiger partial charge < -0.3 is 14.6 Å². The Hall–Kier alpha value is -2.41. The van der Waals surface area contributed by atoms with Crippen molar-refractivity contribution >= 4 is 5.91 Å². The molecule has 1 aliphatic rings. The second-order valence-electron chi connectivity index (χ2n) is 6.80. The minimum atomic E-state index is 0.0861. The molecule has 1 amide bonds. The van der Waals surface area contributed by atoms with Gasteiger partial charge in [0.1, 0.15) is 5.76 Å². The van der Waals surface area contributed by atoms with Crippen LogP contribution in [0.5, 0.6) is 5.88 Å². The van der Waals surface area contributed by atoms with Gasteiger partial charge in [-0.1, -0.05) is 11.2 Å². The van der Waals surface area contributed by atoms with E-state index in [1.807, 2.05) is 32.2 Å². The zero-order valence-electron chi connectivity index (χ0n) is 15.6. The molecule has 0 spiro atoms. The van der Waals surface area contributed by atoms with E-state index in [2.05, 4.69) is 20.4 Å². The number of nitrogens with zero attached hydrogens (tertiary/aromatic N) is 3. The SMILES string of the molecule is COc1ccc(CN2CC[C@@H](NC(=O)CCc3c(C)noc3C)C2)cn1. The number of hydrogen-bond donors (Lipinski definition) is 1. The van der Waals surface area contributed by atoms with E-state index >= 15 is 0 Å². The van der Waals surface area contributed by atoms with Crippen LogP contribution in [0.4, 0.5) is 0 Å². The lowest BCUT2D eigenvalue weighted by molar-refractivity contribution is -0.121. The summed E-state index contributed by atoms with van der Waals surface area (Å²) in [5.41, 5.74) is 3.06. The van der Waals surface area contributed by atoms with Gasteiger partial charge in [-0.15, -0.1) is 0 Å². The number of pyridine rings is 1. The molecule has 0 unspecified atom stereocenters. The van der Waals surface area contributed by atoms with Crippen molar-refractivity contribution in [2.24, 2.45) is 0 Å². The number of aromatic nitrogens is 2. The van der Waals surface area contributed by atoms with Crippen molar-refractivity contribution in [1.29, 1.82) is 0 Å². The lowest BCUT2D eigenvalue weighted by atomic mass is 10.1. The van der Waals surface area contributed by atoms with Crippen molar-refractivity contribution in [3.05, 3.63) is 40.9 Å². The number of amides is 1. The number of rotatable bonds is 7. The molecular weight excluding hydrogens is 332 g/mol. The molecule has 0 bridgehead atoms. The van der Waals surface area contributed by atoms with Crippen LogP contribution in [0.2, 0.25) is 0 Å². The van der Waals surface area contributed by atoms with Gasteiger partial charge in [0.15, 0.2) is 0 Å². The Bertz CT molecular complexity index is 722. The van der Waals surface area contributed by atoms with Gasteiger partial charge in [-0.05, 0) is 32.3 Å². The summed E-state index contributed by atoms with van der Waals surface area (Å²) in [6.07, 6.45) is 3.94. The van der Waals surface area contributed by atoms with E-state index in [4.69, 9.17) is 9.26 Å². The summed E-state index contributed by atoms with van der Waals surface area (Å²) in [7, 11) is 1.61. The van der Waals surface area contributed by atoms with Gasteiger partial charge >= 0.3 is 0 Å². The molecule has 2 aromatic heterocycles. The highest BCUT2D eigenvalue weighted by molar-refractivity contribution is 5.76. The zero-order valence-corrected chi connectivity index (χ0v) is 15.6. The highest BCUT2D eigenvalue weighted by Gasteiger charge is 2.24. The average Bonchev–Trinajstić information content (AvgIpc) is 3.20. The number of methoxy groups -OCH3 is 1. The third-order valence-corrected chi connectivity index (χ3v) is 4.83. The Morgan fingerprint density at radius 3 is 2.92 bits per heavy atom. The van der Waals surface area contributed by atoms with Crippen LogP contribution >= 0.6 is 0 Å². The van der Waals surface area contributed by atoms with Crippen LogP contribution < -0.4 is 10.1 Å². The van der Waals surface area contributed by atoms with Crippen LogP contribution in [0, 0.1) is 13.8 Å². The Kier molecular flexibility index (Phi) is 5.88. The van der Waals surface area contributed by atoms with Crippen molar-refractivity contribution in [2.45, 2.75) is 45.7 Å². The van der Waals surface area contributed by atoms with Crippen molar-refractivity contribution in [2.75, 3.05) is 20.2 Å². The fraction of sp³-hybridized carbons (Fsp3) is 0.526. The Balaban J connectivity index is 1.42. The molecule has 1 saturated heterocycles. The summed E-state index contributed by atoms with van der Waals surface area (Å²) in [6, 6.07) is 4.11. The van der Waals surface area contributed by atoms with Gasteiger partial charge in [-0.2, -0.15) is 0 Å². The molecule has 3 heterocycles. The maximum Gasteiger partial charge on any atom is 0.220 e. The first kappa shape index (κ1) is 18.4. The molecule has 0 aromatic carbocycles. The Labute approximate surface area is 153 Å². The summed E-state index contributed by atoms with van der Waals surface area (Å²) in [4.78, 5) is 18.8. The maximum atomic E-state index is 12.2. The van der Waals surface area contributed by atoms with Crippen molar-refractivity contribution in [3.8, 4) is 5.88 Å². The molecule has 2 aromatic rings. The molecule has 0 aliphatic carbocycles. The third-order valence-electron chi connectivity index (χ3n) is 4.83. The largest absolute Gasteiger partial charge is 0.481 e. The van der Waals surface area contributed by atoms with E-state index in [0.717, 1.165) is 48.6 Å². The van der Waals surface area contributed by atoms with Crippen LogP contribution in [0.3, 0.4) is 0 Å². The van der Waals surface area contributed by atoms with Crippen LogP contribution in [-0.2, 0) is 17.8 Å². The molecule has 3 rings (SSSR count). The first-order chi connectivity index (χ1) is 12.5. The summed E-state index contributed by atoms with van der Waals surface area (Å²) in [6.45, 7) is 6.47. The number of nitrogens with one attached hydrogen (secondary N) is 1. The molecule has 140 valence electrons. The first-order valence-electron chi connectivity index (χ1n) is 8.97. The minimum Gasteiger partial charge on any atom is -0.481 e. The highest BCUT2D eigenvalue weighted by Crippen LogP contribution is 2.16. The van der Waals surface area contributed by atoms with E-state index in [-0.39, 0.29) is 11.9 Å². The van der Waals surface area contributed by atoms with Crippen LogP contribution in [0.15, 0.2) is 22.9 Å². The van der Waals surface area contributed by atoms with Gasteiger partial charge in [0.2, 0.25) is 11.8 Å². The third kappa shape index (κ3) is 4.60. The quantitative estimate of drug-likeness (QED) is 0.816. The number of aryl methyl sites for hydroxylation is 2. The Morgan fingerprint density at radius 1 is 1.42 bits per heavy atom. The molecule has 1 atom stereocenters. The maximum absolute atomic E-state index is 12.2. The standard InChI is InChI=1S/C19H26N4O3/c1-13-17(14(2)26-22-13)5-6-18(24)21-16-8-9-23(12-16)11-15-4-7-19(25-3)20-10-15/h4,7,10,16H,5-6,8-9,11-12H2,1-3H3,(H,21,24)/t16-/m1/s1. The fourth-order valence-electron chi connectivity index (χ4n) is 3.37. The van der Waals surface area contributed by atoms with Crippen LogP contribution in [0.1, 0.15) is 35.4 Å². The average molecular weight is 358 g/mol. The number of ether oxygens (including phenoxy) is 1. The normalized spacial score (nSPS) is 17.4. The minimum absolute atomic E-state index is 0.0861. The number of carbonyl (C=O) groups excluding carboxylic acids is 1. The second kappa shape index (κ2) is 8.31. The van der Waals surface area contributed by atoms with E-state index in [1.165, 1.54) is 0 Å². The molecule has 1 fully saturated rings. The lowest BCUT2D eigenvalue weighted by Crippen LogP contribution is -2.37. The topological polar surface area (TPSA) is 80.5 Å². The monoisotopic (exact) mass is 358 g/mol. The predicted octanol–water partition coefficient (Wildman–Crippen LogP) is 2.02. The smallest absolute Gasteiger partial charge is 0.220 e. The number of likely N-dealkylation sites (tertiary alicyclic amines) is 1. The van der Waals surface area contributed by atoms with Crippen molar-refractivity contribution in [1.82, 2.24) is 20.4 Å². The molecule has 0 saturated carbocycles. The molecular formula is C19H26N4O3. The highest BCUT2D eigenvalue weighted by atomic mass is 16.5. The van der Waals surface area contributed by atoms with Gasteiger partial charge in [0.05, 0.1) is 12.8 Å². The van der Waals surface area contributed by atoms with Gasteiger partial charge in [0, 0.05) is 49.9 Å². The molecule has 1 N–H and O–H groups in total. The summed E-state index contributed by atoms with van der Waals surface area (Å²) in [5, 5.41) is 7.08. The number of carbonyl (C=O) groups is 1. The molecule has 0 radical (unpaired) electrons. The zero-order chi connectivity index (χ0) is 18.5. The van der Waals surface area contributed by atoms with Crippen LogP contribution in [0.25, 0.3) is 0 Å². The van der Waals surface area contributed by atoms with Crippen molar-refractivity contribution in [3.63, 3.8) is 0 Å². The van der Waals surface area contributed by atoms with Crippen molar-refractivity contribution < 1.29 is 14.1 Å². The summed E-state index contributed by atoms with van der Waals surface area (Å²) in [5.74, 6) is 1.51. The molecule has 7 heteroatoms. The second-order valence-corrected chi connectivity index (χ2v) is 6.80. The van der Waals surface area contributed by atoms with E-state index in [9.17, 15) is 4.79 Å². The van der Waals surface area contributed by atoms with Gasteiger partial charge in [0.25, 0.3) is 0 Å². The summed E-state index contributed by atoms with van der Waals surface area (Å²) < 4.78 is 10.2. The van der Waals surface area contributed by atoms with E-state index in [0.29, 0.717) is 18.7 Å². The Morgan fingerprint density at radius 2 is 2.27 bits per heavy atom. The molecule has 7 nitrogen and oxygen atoms in total. The lowest BCUT2D eigenvalue weighted by Gasteiger charge is -2.16. The van der Waals surface area contributed by atoms with Gasteiger partial charge in [-0.3, -0.25) is 9.69 Å². The van der Waals surface area contributed by atoms with E-state index < -0.39 is 0 Å². The fourth-order valence-corrected chi connectivity index (χ4v) is 3.37. The first-order valence-corrected chi connectivity index (χ1v) is 8.97. The molecule has 1 aliphatic heterocycles. The molecule has 26 heavy (non-hydrogen) atoms. The summed E-state index contributed by atoms with van der Waals surface area (Å²) >= 11 is 0. The van der Waals surface area contributed by atoms with Crippen LogP contribution in [-0.4, -0.2) is 47.2 Å². The van der Waals surface area contributed by atoms with Gasteiger partial charge in [-0.25, -0.2) is 4.98 Å². The number of hydrogen-bond acceptors (Lipinski definition) is 6. The predicted molar refractivity (Wildman–Crippen MR) is 96.9 cm³/mol. The van der Waals surface area contributed by atoms with E-state index in [1.54, 1.807) is 7.11 Å².